The summed E-state index contributed by atoms with van der Waals surface area (Å²) in [5, 5.41) is 11.2. The Labute approximate surface area is 208 Å². The van der Waals surface area contributed by atoms with Gasteiger partial charge in [-0.1, -0.05) is 35.9 Å². The fourth-order valence-corrected chi connectivity index (χ4v) is 4.54. The predicted molar refractivity (Wildman–Crippen MR) is 135 cm³/mol. The second kappa shape index (κ2) is 9.43. The molecule has 8 heteroatoms. The number of nitrogens with one attached hydrogen (secondary N) is 2. The average molecular weight is 489 g/mol. The molecule has 0 radical (unpaired) electrons. The normalized spacial score (nSPS) is 12.1. The molecule has 178 valence electrons. The van der Waals surface area contributed by atoms with E-state index in [0.29, 0.717) is 29.6 Å². The highest BCUT2D eigenvalue weighted by Crippen LogP contribution is 2.38. The van der Waals surface area contributed by atoms with Crippen molar-refractivity contribution < 1.29 is 14.0 Å². The Hall–Kier alpha value is -3.84. The van der Waals surface area contributed by atoms with Gasteiger partial charge < -0.3 is 15.1 Å². The van der Waals surface area contributed by atoms with E-state index >= 15 is 0 Å². The van der Waals surface area contributed by atoms with Crippen molar-refractivity contribution in [2.24, 2.45) is 0 Å². The smallest absolute Gasteiger partial charge is 0.287 e. The van der Waals surface area contributed by atoms with Gasteiger partial charge in [-0.05, 0) is 54.3 Å². The van der Waals surface area contributed by atoms with Crippen LogP contribution in [-0.4, -0.2) is 21.6 Å². The van der Waals surface area contributed by atoms with E-state index in [1.54, 1.807) is 0 Å². The maximum atomic E-state index is 13.0. The van der Waals surface area contributed by atoms with Crippen LogP contribution in [0, 0.1) is 6.92 Å². The van der Waals surface area contributed by atoms with E-state index in [1.165, 1.54) is 6.92 Å². The summed E-state index contributed by atoms with van der Waals surface area (Å²) >= 11 is 6.00. The van der Waals surface area contributed by atoms with E-state index in [1.807, 2.05) is 60.1 Å². The first kappa shape index (κ1) is 22.9. The van der Waals surface area contributed by atoms with E-state index in [-0.39, 0.29) is 11.8 Å². The number of hydrogen-bond acceptors (Lipinski definition) is 4. The highest BCUT2D eigenvalue weighted by atomic mass is 35.5. The van der Waals surface area contributed by atoms with Crippen molar-refractivity contribution in [1.29, 1.82) is 0 Å². The molecular formula is C27H25ClN4O3. The molecule has 0 saturated carbocycles. The molecule has 2 heterocycles. The molecule has 0 saturated heterocycles. The van der Waals surface area contributed by atoms with E-state index in [0.717, 1.165) is 52.1 Å². The summed E-state index contributed by atoms with van der Waals surface area (Å²) in [6.45, 7) is 4.37. The molecule has 4 aromatic rings. The van der Waals surface area contributed by atoms with Crippen molar-refractivity contribution in [2.45, 2.75) is 39.8 Å². The van der Waals surface area contributed by atoms with Gasteiger partial charge in [0.1, 0.15) is 5.76 Å². The number of halogens is 1. The summed E-state index contributed by atoms with van der Waals surface area (Å²) in [6, 6.07) is 15.1. The Bertz CT molecular complexity index is 1400. The molecule has 5 rings (SSSR count). The van der Waals surface area contributed by atoms with Crippen LogP contribution in [0.2, 0.25) is 5.02 Å². The molecule has 0 aliphatic heterocycles. The van der Waals surface area contributed by atoms with Crippen molar-refractivity contribution in [1.82, 2.24) is 15.1 Å². The minimum atomic E-state index is -0.259. The fourth-order valence-electron chi connectivity index (χ4n) is 4.41. The molecule has 2 aromatic heterocycles. The summed E-state index contributed by atoms with van der Waals surface area (Å²) < 4.78 is 7.95. The van der Waals surface area contributed by atoms with Gasteiger partial charge in [0.05, 0.1) is 12.2 Å². The van der Waals surface area contributed by atoms with E-state index in [9.17, 15) is 9.59 Å². The lowest BCUT2D eigenvalue weighted by Crippen LogP contribution is -2.23. The Balaban J connectivity index is 1.31. The highest BCUT2D eigenvalue weighted by Gasteiger charge is 2.29. The zero-order chi connectivity index (χ0) is 24.5. The minimum absolute atomic E-state index is 0.124. The monoisotopic (exact) mass is 488 g/mol. The first-order valence-corrected chi connectivity index (χ1v) is 11.8. The van der Waals surface area contributed by atoms with Crippen LogP contribution in [0.4, 0.5) is 5.69 Å². The van der Waals surface area contributed by atoms with E-state index in [4.69, 9.17) is 21.1 Å². The number of rotatable bonds is 6. The number of benzene rings is 2. The third-order valence-corrected chi connectivity index (χ3v) is 6.36. The second-order valence-electron chi connectivity index (χ2n) is 8.74. The van der Waals surface area contributed by atoms with Gasteiger partial charge in [0.15, 0.2) is 5.76 Å². The molecule has 1 aliphatic rings. The number of aromatic nitrogens is 2. The number of nitrogens with zero attached hydrogens (tertiary/aromatic N) is 2. The molecule has 7 nitrogen and oxygen atoms in total. The molecule has 2 N–H and O–H groups in total. The summed E-state index contributed by atoms with van der Waals surface area (Å²) in [4.78, 5) is 24.1. The number of anilines is 1. The molecular weight excluding hydrogens is 464 g/mol. The van der Waals surface area contributed by atoms with Crippen LogP contribution >= 0.6 is 11.6 Å². The lowest BCUT2D eigenvalue weighted by Gasteiger charge is -2.09. The SMILES string of the molecule is CC(=O)Nc1ccc(CNC(=O)c2oc3c(c2C)-c2nn(Cc4ccc(Cl)cc4)cc2CC3)cc1. The van der Waals surface area contributed by atoms with Crippen LogP contribution in [0.25, 0.3) is 11.3 Å². The lowest BCUT2D eigenvalue weighted by atomic mass is 9.93. The van der Waals surface area contributed by atoms with Gasteiger partial charge >= 0.3 is 0 Å². The van der Waals surface area contributed by atoms with Crippen LogP contribution in [0.1, 0.15) is 45.5 Å². The largest absolute Gasteiger partial charge is 0.455 e. The van der Waals surface area contributed by atoms with Gasteiger partial charge in [-0.3, -0.25) is 14.3 Å². The Morgan fingerprint density at radius 1 is 1.06 bits per heavy atom. The Morgan fingerprint density at radius 2 is 1.77 bits per heavy atom. The minimum Gasteiger partial charge on any atom is -0.455 e. The van der Waals surface area contributed by atoms with Crippen LogP contribution < -0.4 is 10.6 Å². The molecule has 0 atom stereocenters. The van der Waals surface area contributed by atoms with Crippen LogP contribution in [0.5, 0.6) is 0 Å². The van der Waals surface area contributed by atoms with Crippen molar-refractivity contribution in [3.63, 3.8) is 0 Å². The van der Waals surface area contributed by atoms with Crippen molar-refractivity contribution in [3.8, 4) is 11.3 Å². The number of fused-ring (bicyclic) bond motifs is 3. The first-order chi connectivity index (χ1) is 16.9. The molecule has 2 amide bonds. The van der Waals surface area contributed by atoms with Crippen molar-refractivity contribution >= 4 is 29.1 Å². The van der Waals surface area contributed by atoms with Gasteiger partial charge in [0.2, 0.25) is 5.91 Å². The number of carbonyl (C=O) groups is 2. The quantitative estimate of drug-likeness (QED) is 0.393. The summed E-state index contributed by atoms with van der Waals surface area (Å²) in [7, 11) is 0. The number of carbonyl (C=O) groups excluding carboxylic acids is 2. The Morgan fingerprint density at radius 3 is 2.49 bits per heavy atom. The number of aryl methyl sites for hydroxylation is 2. The number of hydrogen-bond donors (Lipinski definition) is 2. The fraction of sp³-hybridized carbons (Fsp3) is 0.222. The zero-order valence-corrected chi connectivity index (χ0v) is 20.3. The molecule has 0 fully saturated rings. The van der Waals surface area contributed by atoms with E-state index in [2.05, 4.69) is 16.8 Å². The Kier molecular flexibility index (Phi) is 6.17. The van der Waals surface area contributed by atoms with Gasteiger partial charge in [-0.25, -0.2) is 0 Å². The van der Waals surface area contributed by atoms with Gasteiger partial charge in [0.25, 0.3) is 5.91 Å². The third kappa shape index (κ3) is 4.86. The van der Waals surface area contributed by atoms with E-state index < -0.39 is 0 Å². The summed E-state index contributed by atoms with van der Waals surface area (Å²) in [6.07, 6.45) is 3.62. The van der Waals surface area contributed by atoms with Gasteiger partial charge in [-0.2, -0.15) is 5.10 Å². The molecule has 1 aliphatic carbocycles. The highest BCUT2D eigenvalue weighted by molar-refractivity contribution is 6.30. The van der Waals surface area contributed by atoms with Crippen LogP contribution in [0.15, 0.2) is 59.1 Å². The van der Waals surface area contributed by atoms with Crippen molar-refractivity contribution in [2.75, 3.05) is 5.32 Å². The predicted octanol–water partition coefficient (Wildman–Crippen LogP) is 5.14. The van der Waals surface area contributed by atoms with Gasteiger partial charge in [0, 0.05) is 47.9 Å². The van der Waals surface area contributed by atoms with Crippen LogP contribution in [0.3, 0.4) is 0 Å². The van der Waals surface area contributed by atoms with Crippen molar-refractivity contribution in [3.05, 3.63) is 93.5 Å². The molecule has 35 heavy (non-hydrogen) atoms. The van der Waals surface area contributed by atoms with Gasteiger partial charge in [-0.15, -0.1) is 0 Å². The molecule has 2 aromatic carbocycles. The van der Waals surface area contributed by atoms with Crippen LogP contribution in [-0.2, 0) is 30.7 Å². The first-order valence-electron chi connectivity index (χ1n) is 11.5. The molecule has 0 spiro atoms. The maximum Gasteiger partial charge on any atom is 0.287 e. The topological polar surface area (TPSA) is 89.2 Å². The standard InChI is InChI=1S/C27H25ClN4O3/c1-16-24-23(12-7-20-15-32(31-25(20)24)14-19-3-8-21(28)9-4-19)35-26(16)27(34)29-13-18-5-10-22(11-6-18)30-17(2)33/h3-6,8-11,15H,7,12-14H2,1-2H3,(H,29,34)(H,30,33). The average Bonchev–Trinajstić information content (AvgIpc) is 3.39. The summed E-state index contributed by atoms with van der Waals surface area (Å²) in [5.74, 6) is 0.743. The lowest BCUT2D eigenvalue weighted by molar-refractivity contribution is -0.114. The third-order valence-electron chi connectivity index (χ3n) is 6.11. The zero-order valence-electron chi connectivity index (χ0n) is 19.5. The molecule has 0 bridgehead atoms. The number of furan rings is 1. The summed E-state index contributed by atoms with van der Waals surface area (Å²) in [5.41, 5.74) is 6.51. The second-order valence-corrected chi connectivity index (χ2v) is 9.18. The molecule has 0 unspecified atom stereocenters. The number of amides is 2. The maximum absolute atomic E-state index is 13.0.